The average Bonchev–Trinajstić information content (AvgIpc) is 2.59. The maximum Gasteiger partial charge on any atom is 0.548 e. The second kappa shape index (κ2) is 5.13. The van der Waals surface area contributed by atoms with E-state index in [1.807, 2.05) is 0 Å². The van der Waals surface area contributed by atoms with Gasteiger partial charge in [0, 0.05) is 0 Å². The van der Waals surface area contributed by atoms with Gasteiger partial charge in [0.15, 0.2) is 0 Å². The molecule has 0 N–H and O–H groups in total. The molecule has 0 bridgehead atoms. The van der Waals surface area contributed by atoms with Gasteiger partial charge in [-0.1, -0.05) is 18.2 Å². The first-order chi connectivity index (χ1) is 9.89. The van der Waals surface area contributed by atoms with E-state index in [1.54, 1.807) is 6.07 Å². The number of para-hydroxylation sites is 1. The molecule has 1 aliphatic rings. The molecule has 0 atom stereocenters. The monoisotopic (exact) mass is 320 g/mol. The van der Waals surface area contributed by atoms with Crippen LogP contribution >= 0.6 is 0 Å². The fraction of sp³-hybridized carbons (Fsp3) is 0.571. The van der Waals surface area contributed by atoms with Gasteiger partial charge in [-0.05, 0) is 39.8 Å². The summed E-state index contributed by atoms with van der Waals surface area (Å²) < 4.78 is 70.3. The van der Waals surface area contributed by atoms with Crippen molar-refractivity contribution in [1.82, 2.24) is 0 Å². The summed E-state index contributed by atoms with van der Waals surface area (Å²) in [5, 5.41) is 0. The van der Waals surface area contributed by atoms with Crippen LogP contribution in [0, 0.1) is 0 Å². The molecule has 3 nitrogen and oxygen atoms in total. The minimum Gasteiger partial charge on any atom is -0.429 e. The number of hydrogen-bond acceptors (Lipinski definition) is 3. The molecule has 1 aliphatic heterocycles. The van der Waals surface area contributed by atoms with Crippen LogP contribution in [0.15, 0.2) is 30.3 Å². The first kappa shape index (κ1) is 17.1. The van der Waals surface area contributed by atoms with Crippen LogP contribution in [0.1, 0.15) is 27.7 Å². The van der Waals surface area contributed by atoms with Gasteiger partial charge in [0.25, 0.3) is 0 Å². The molecule has 1 heterocycles. The summed E-state index contributed by atoms with van der Waals surface area (Å²) in [6.45, 7) is 6.00. The zero-order valence-electron chi connectivity index (χ0n) is 12.7. The van der Waals surface area contributed by atoms with Gasteiger partial charge in [-0.3, -0.25) is 0 Å². The molecule has 1 saturated heterocycles. The van der Waals surface area contributed by atoms with E-state index in [1.165, 1.54) is 39.8 Å². The first-order valence-corrected chi connectivity index (χ1v) is 6.74. The molecule has 22 heavy (non-hydrogen) atoms. The predicted molar refractivity (Wildman–Crippen MR) is 73.0 cm³/mol. The fourth-order valence-corrected chi connectivity index (χ4v) is 1.83. The Morgan fingerprint density at radius 1 is 0.909 bits per heavy atom. The normalized spacial score (nSPS) is 21.0. The van der Waals surface area contributed by atoms with Crippen molar-refractivity contribution in [2.45, 2.75) is 50.8 Å². The van der Waals surface area contributed by atoms with E-state index >= 15 is 0 Å². The van der Waals surface area contributed by atoms with Crippen LogP contribution in [0.2, 0.25) is 0 Å². The predicted octanol–water partition coefficient (Wildman–Crippen LogP) is 3.92. The van der Waals surface area contributed by atoms with E-state index < -0.39 is 30.3 Å². The summed E-state index contributed by atoms with van der Waals surface area (Å²) in [5.74, 6) is -5.03. The van der Waals surface area contributed by atoms with Crippen molar-refractivity contribution in [1.29, 1.82) is 0 Å². The van der Waals surface area contributed by atoms with Gasteiger partial charge >= 0.3 is 19.0 Å². The summed E-state index contributed by atoms with van der Waals surface area (Å²) >= 11 is 0. The topological polar surface area (TPSA) is 27.7 Å². The van der Waals surface area contributed by atoms with E-state index in [2.05, 4.69) is 4.74 Å². The summed E-state index contributed by atoms with van der Waals surface area (Å²) in [6, 6.07) is 6.68. The Morgan fingerprint density at radius 2 is 1.36 bits per heavy atom. The third kappa shape index (κ3) is 2.81. The van der Waals surface area contributed by atoms with Gasteiger partial charge in [0.05, 0.1) is 11.2 Å². The van der Waals surface area contributed by atoms with E-state index in [9.17, 15) is 17.6 Å². The Hall–Kier alpha value is -1.28. The Morgan fingerprint density at radius 3 is 1.82 bits per heavy atom. The first-order valence-electron chi connectivity index (χ1n) is 6.74. The molecule has 0 radical (unpaired) electrons. The fourth-order valence-electron chi connectivity index (χ4n) is 1.83. The highest BCUT2D eigenvalue weighted by molar-refractivity contribution is 6.49. The van der Waals surface area contributed by atoms with Crippen molar-refractivity contribution in [2.24, 2.45) is 0 Å². The molecule has 0 aromatic heterocycles. The standard InChI is InChI=1S/C14H17BF4O3/c1-11(2)12(3,4)22-15(21-11)13(16,17)14(18,19)20-10-8-6-5-7-9-10/h5-9H,1-4H3. The lowest BCUT2D eigenvalue weighted by Gasteiger charge is -2.32. The average molecular weight is 320 g/mol. The highest BCUT2D eigenvalue weighted by Crippen LogP contribution is 2.46. The third-order valence-corrected chi connectivity index (χ3v) is 3.93. The minimum atomic E-state index is -4.78. The minimum absolute atomic E-state index is 0.372. The molecule has 1 aromatic carbocycles. The summed E-state index contributed by atoms with van der Waals surface area (Å²) in [6.07, 6.45) is -4.78. The molecule has 0 unspecified atom stereocenters. The van der Waals surface area contributed by atoms with Crippen LogP contribution < -0.4 is 4.74 Å². The molecule has 122 valence electrons. The zero-order valence-corrected chi connectivity index (χ0v) is 12.7. The molecule has 0 saturated carbocycles. The lowest BCUT2D eigenvalue weighted by Crippen LogP contribution is -2.57. The highest BCUT2D eigenvalue weighted by Gasteiger charge is 2.74. The van der Waals surface area contributed by atoms with Gasteiger partial charge in [0.1, 0.15) is 5.75 Å². The second-order valence-corrected chi connectivity index (χ2v) is 6.14. The van der Waals surface area contributed by atoms with Crippen LogP contribution in [0.3, 0.4) is 0 Å². The number of ether oxygens (including phenoxy) is 1. The third-order valence-electron chi connectivity index (χ3n) is 3.93. The maximum absolute atomic E-state index is 14.2. The van der Waals surface area contributed by atoms with Crippen LogP contribution in [-0.2, 0) is 9.31 Å². The van der Waals surface area contributed by atoms with Gasteiger partial charge < -0.3 is 14.0 Å². The van der Waals surface area contributed by atoms with Crippen LogP contribution in [0.4, 0.5) is 17.6 Å². The van der Waals surface area contributed by atoms with Crippen LogP contribution in [0.25, 0.3) is 0 Å². The van der Waals surface area contributed by atoms with Crippen molar-refractivity contribution < 1.29 is 31.6 Å². The van der Waals surface area contributed by atoms with Gasteiger partial charge in [-0.25, -0.2) is 0 Å². The lowest BCUT2D eigenvalue weighted by molar-refractivity contribution is -0.283. The number of alkyl halides is 4. The zero-order chi connectivity index (χ0) is 16.8. The largest absolute Gasteiger partial charge is 0.548 e. The van der Waals surface area contributed by atoms with E-state index in [0.717, 1.165) is 12.1 Å². The van der Waals surface area contributed by atoms with Crippen LogP contribution in [-0.4, -0.2) is 30.3 Å². The Labute approximate surface area is 126 Å². The number of hydrogen-bond donors (Lipinski definition) is 0. The SMILES string of the molecule is CC1(C)OB(C(F)(F)C(F)(F)Oc2ccccc2)OC1(C)C. The van der Waals surface area contributed by atoms with Gasteiger partial charge in [-0.15, -0.1) is 0 Å². The van der Waals surface area contributed by atoms with Crippen molar-refractivity contribution in [3.63, 3.8) is 0 Å². The van der Waals surface area contributed by atoms with Crippen molar-refractivity contribution >= 4 is 7.12 Å². The molecule has 1 fully saturated rings. The lowest BCUT2D eigenvalue weighted by atomic mass is 9.78. The van der Waals surface area contributed by atoms with E-state index in [4.69, 9.17) is 9.31 Å². The molecule has 1 aromatic rings. The number of benzene rings is 1. The molecule has 2 rings (SSSR count). The van der Waals surface area contributed by atoms with E-state index in [0.29, 0.717) is 0 Å². The molecule has 0 amide bonds. The molecule has 0 spiro atoms. The molecule has 8 heteroatoms. The number of halogens is 4. The Kier molecular flexibility index (Phi) is 3.98. The van der Waals surface area contributed by atoms with Crippen molar-refractivity contribution in [3.8, 4) is 5.75 Å². The smallest absolute Gasteiger partial charge is 0.429 e. The maximum atomic E-state index is 14.2. The quantitative estimate of drug-likeness (QED) is 0.621. The summed E-state index contributed by atoms with van der Waals surface area (Å²) in [7, 11) is -2.41. The van der Waals surface area contributed by atoms with Crippen LogP contribution in [0.5, 0.6) is 5.75 Å². The Balaban J connectivity index is 2.22. The summed E-state index contributed by atoms with van der Waals surface area (Å²) in [5.41, 5.74) is -2.30. The Bertz CT molecular complexity index is 518. The highest BCUT2D eigenvalue weighted by atomic mass is 19.3. The van der Waals surface area contributed by atoms with Gasteiger partial charge in [-0.2, -0.15) is 17.6 Å². The van der Waals surface area contributed by atoms with Gasteiger partial charge in [0.2, 0.25) is 0 Å². The molecular formula is C14H17BF4O3. The number of rotatable bonds is 4. The molecule has 0 aliphatic carbocycles. The van der Waals surface area contributed by atoms with Crippen molar-refractivity contribution in [3.05, 3.63) is 30.3 Å². The summed E-state index contributed by atoms with van der Waals surface area (Å²) in [4.78, 5) is 0. The second-order valence-electron chi connectivity index (χ2n) is 6.14. The molecular weight excluding hydrogens is 303 g/mol. The van der Waals surface area contributed by atoms with Crippen molar-refractivity contribution in [2.75, 3.05) is 0 Å². The van der Waals surface area contributed by atoms with E-state index in [-0.39, 0.29) is 5.75 Å².